The molecule has 3 aromatic rings. The maximum atomic E-state index is 13.8. The van der Waals surface area contributed by atoms with Gasteiger partial charge in [-0.2, -0.15) is 0 Å². The van der Waals surface area contributed by atoms with E-state index in [9.17, 15) is 19.1 Å². The van der Waals surface area contributed by atoms with Gasteiger partial charge in [-0.25, -0.2) is 9.37 Å². The number of rotatable bonds is 4. The summed E-state index contributed by atoms with van der Waals surface area (Å²) in [5.74, 6) is -1.81. The number of nitrogens with zero attached hydrogens (tertiary/aromatic N) is 2. The molecule has 0 unspecified atom stereocenters. The normalized spacial score (nSPS) is 14.1. The Labute approximate surface area is 157 Å². The summed E-state index contributed by atoms with van der Waals surface area (Å²) >= 11 is 1.22. The van der Waals surface area contributed by atoms with Gasteiger partial charge in [-0.1, -0.05) is 18.2 Å². The lowest BCUT2D eigenvalue weighted by Crippen LogP contribution is -2.37. The lowest BCUT2D eigenvalue weighted by molar-refractivity contribution is -0.120. The second-order valence-electron chi connectivity index (χ2n) is 6.02. The van der Waals surface area contributed by atoms with Crippen molar-refractivity contribution in [2.75, 3.05) is 5.32 Å². The summed E-state index contributed by atoms with van der Waals surface area (Å²) in [5.41, 5.74) is 1.27. The Hall–Kier alpha value is -3.26. The van der Waals surface area contributed by atoms with Crippen molar-refractivity contribution < 1.29 is 19.1 Å². The number of thiazole rings is 1. The Morgan fingerprint density at radius 3 is 2.85 bits per heavy atom. The second-order valence-corrected chi connectivity index (χ2v) is 6.92. The van der Waals surface area contributed by atoms with E-state index >= 15 is 0 Å². The van der Waals surface area contributed by atoms with E-state index in [1.165, 1.54) is 28.5 Å². The predicted octanol–water partition coefficient (Wildman–Crippen LogP) is 3.32. The van der Waals surface area contributed by atoms with Gasteiger partial charge >= 0.3 is 0 Å². The standard InChI is InChI=1S/C19H14FN3O3S/c20-12-5-6-15(24)14(9-12)16(17(25)22-19-21-7-8-27-19)23-10-11-3-1-2-4-13(11)18(23)26/h1-9,16,24H,10H2,(H,21,22,25)/t16-/m1/s1. The fraction of sp³-hybridized carbons (Fsp3) is 0.105. The summed E-state index contributed by atoms with van der Waals surface area (Å²) < 4.78 is 13.8. The van der Waals surface area contributed by atoms with E-state index in [1.807, 2.05) is 0 Å². The molecule has 0 aliphatic carbocycles. The van der Waals surface area contributed by atoms with Crippen LogP contribution < -0.4 is 5.32 Å². The van der Waals surface area contributed by atoms with Crippen molar-refractivity contribution in [2.24, 2.45) is 0 Å². The molecule has 0 fully saturated rings. The molecule has 1 aliphatic rings. The number of aromatic nitrogens is 1. The molecule has 0 spiro atoms. The van der Waals surface area contributed by atoms with Crippen molar-refractivity contribution in [1.29, 1.82) is 0 Å². The van der Waals surface area contributed by atoms with Gasteiger partial charge in [0.25, 0.3) is 11.8 Å². The molecule has 2 heterocycles. The number of phenolic OH excluding ortho intramolecular Hbond substituents is 1. The molecular weight excluding hydrogens is 369 g/mol. The van der Waals surface area contributed by atoms with Crippen LogP contribution in [0, 0.1) is 5.82 Å². The molecule has 0 bridgehead atoms. The highest BCUT2D eigenvalue weighted by molar-refractivity contribution is 7.13. The van der Waals surface area contributed by atoms with Gasteiger partial charge in [-0.3, -0.25) is 14.9 Å². The zero-order chi connectivity index (χ0) is 19.0. The van der Waals surface area contributed by atoms with E-state index in [-0.39, 0.29) is 23.8 Å². The highest BCUT2D eigenvalue weighted by Crippen LogP contribution is 2.36. The Bertz CT molecular complexity index is 1020. The maximum absolute atomic E-state index is 13.8. The first-order chi connectivity index (χ1) is 13.0. The van der Waals surface area contributed by atoms with Crippen LogP contribution in [0.4, 0.5) is 9.52 Å². The van der Waals surface area contributed by atoms with Gasteiger partial charge in [0.15, 0.2) is 5.13 Å². The van der Waals surface area contributed by atoms with Gasteiger partial charge in [0.1, 0.15) is 17.6 Å². The first-order valence-electron chi connectivity index (χ1n) is 8.12. The quantitative estimate of drug-likeness (QED) is 0.724. The van der Waals surface area contributed by atoms with Crippen molar-refractivity contribution in [3.05, 3.63) is 76.5 Å². The number of aromatic hydroxyl groups is 1. The number of fused-ring (bicyclic) bond motifs is 1. The molecule has 0 saturated heterocycles. The van der Waals surface area contributed by atoms with Gasteiger partial charge in [0.2, 0.25) is 0 Å². The summed E-state index contributed by atoms with van der Waals surface area (Å²) in [7, 11) is 0. The van der Waals surface area contributed by atoms with E-state index in [1.54, 1.807) is 29.6 Å². The highest BCUT2D eigenvalue weighted by Gasteiger charge is 2.38. The smallest absolute Gasteiger partial charge is 0.255 e. The largest absolute Gasteiger partial charge is 0.508 e. The highest BCUT2D eigenvalue weighted by atomic mass is 32.1. The Balaban J connectivity index is 1.76. The van der Waals surface area contributed by atoms with E-state index in [4.69, 9.17) is 0 Å². The summed E-state index contributed by atoms with van der Waals surface area (Å²) in [6, 6.07) is 9.15. The minimum atomic E-state index is -1.20. The van der Waals surface area contributed by atoms with Gasteiger partial charge in [-0.15, -0.1) is 11.3 Å². The summed E-state index contributed by atoms with van der Waals surface area (Å²) in [6.45, 7) is 0.181. The first kappa shape index (κ1) is 17.2. The van der Waals surface area contributed by atoms with Crippen molar-refractivity contribution in [3.8, 4) is 5.75 Å². The van der Waals surface area contributed by atoms with Crippen molar-refractivity contribution in [3.63, 3.8) is 0 Å². The van der Waals surface area contributed by atoms with Crippen LogP contribution in [0.25, 0.3) is 0 Å². The van der Waals surface area contributed by atoms with E-state index < -0.39 is 17.8 Å². The number of hydrogen-bond donors (Lipinski definition) is 2. The van der Waals surface area contributed by atoms with Crippen LogP contribution in [0.3, 0.4) is 0 Å². The number of carbonyl (C=O) groups is 2. The molecular formula is C19H14FN3O3S. The van der Waals surface area contributed by atoms with E-state index in [0.29, 0.717) is 10.7 Å². The topological polar surface area (TPSA) is 82.5 Å². The zero-order valence-corrected chi connectivity index (χ0v) is 14.7. The van der Waals surface area contributed by atoms with Crippen LogP contribution in [-0.2, 0) is 11.3 Å². The van der Waals surface area contributed by atoms with Crippen LogP contribution in [-0.4, -0.2) is 26.8 Å². The predicted molar refractivity (Wildman–Crippen MR) is 97.9 cm³/mol. The number of nitrogens with one attached hydrogen (secondary N) is 1. The third kappa shape index (κ3) is 3.15. The molecule has 27 heavy (non-hydrogen) atoms. The summed E-state index contributed by atoms with van der Waals surface area (Å²) in [4.78, 5) is 31.2. The number of amides is 2. The molecule has 4 rings (SSSR count). The molecule has 2 amide bonds. The fourth-order valence-electron chi connectivity index (χ4n) is 3.14. The average Bonchev–Trinajstić information content (AvgIpc) is 3.27. The first-order valence-corrected chi connectivity index (χ1v) is 9.00. The lowest BCUT2D eigenvalue weighted by atomic mass is 10.0. The monoisotopic (exact) mass is 383 g/mol. The van der Waals surface area contributed by atoms with Crippen LogP contribution >= 0.6 is 11.3 Å². The van der Waals surface area contributed by atoms with Crippen molar-refractivity contribution >= 4 is 28.3 Å². The molecule has 2 aromatic carbocycles. The Kier molecular flexibility index (Phi) is 4.33. The number of benzene rings is 2. The van der Waals surface area contributed by atoms with Crippen molar-refractivity contribution in [1.82, 2.24) is 9.88 Å². The van der Waals surface area contributed by atoms with Gasteiger partial charge in [0.05, 0.1) is 0 Å². The third-order valence-electron chi connectivity index (χ3n) is 4.36. The summed E-state index contributed by atoms with van der Waals surface area (Å²) in [5, 5.41) is 14.9. The van der Waals surface area contributed by atoms with Crippen molar-refractivity contribution in [2.45, 2.75) is 12.6 Å². The number of halogens is 1. The van der Waals surface area contributed by atoms with Crippen LogP contribution in [0.2, 0.25) is 0 Å². The summed E-state index contributed by atoms with van der Waals surface area (Å²) in [6.07, 6.45) is 1.53. The molecule has 136 valence electrons. The van der Waals surface area contributed by atoms with Gasteiger partial charge in [0, 0.05) is 29.2 Å². The zero-order valence-electron chi connectivity index (χ0n) is 13.9. The molecule has 0 radical (unpaired) electrons. The number of carbonyl (C=O) groups excluding carboxylic acids is 2. The molecule has 1 atom stereocenters. The maximum Gasteiger partial charge on any atom is 0.255 e. The Morgan fingerprint density at radius 1 is 1.30 bits per heavy atom. The van der Waals surface area contributed by atoms with Crippen LogP contribution in [0.15, 0.2) is 54.0 Å². The van der Waals surface area contributed by atoms with E-state index in [2.05, 4.69) is 10.3 Å². The van der Waals surface area contributed by atoms with Crippen LogP contribution in [0.1, 0.15) is 27.5 Å². The minimum Gasteiger partial charge on any atom is -0.508 e. The Morgan fingerprint density at radius 2 is 2.11 bits per heavy atom. The fourth-order valence-corrected chi connectivity index (χ4v) is 3.67. The SMILES string of the molecule is O=C(Nc1nccs1)[C@@H](c1cc(F)ccc1O)N1Cc2ccccc2C1=O. The number of phenols is 1. The molecule has 6 nitrogen and oxygen atoms in total. The number of anilines is 1. The number of hydrogen-bond acceptors (Lipinski definition) is 5. The second kappa shape index (κ2) is 6.81. The molecule has 1 aliphatic heterocycles. The molecule has 8 heteroatoms. The molecule has 0 saturated carbocycles. The third-order valence-corrected chi connectivity index (χ3v) is 5.04. The van der Waals surface area contributed by atoms with Crippen LogP contribution in [0.5, 0.6) is 5.75 Å². The molecule has 2 N–H and O–H groups in total. The average molecular weight is 383 g/mol. The minimum absolute atomic E-state index is 0.0187. The van der Waals surface area contributed by atoms with Gasteiger partial charge in [-0.05, 0) is 29.8 Å². The van der Waals surface area contributed by atoms with E-state index in [0.717, 1.165) is 17.7 Å². The lowest BCUT2D eigenvalue weighted by Gasteiger charge is -2.27. The van der Waals surface area contributed by atoms with Gasteiger partial charge < -0.3 is 10.0 Å². The molecule has 1 aromatic heterocycles.